The number of aliphatic carboxylic acids is 3. The number of non-ortho nitro benzene ring substituents is 1. The van der Waals surface area contributed by atoms with Crippen LogP contribution in [0.3, 0.4) is 0 Å². The number of hydrogen-bond donors (Lipinski definition) is 3. The van der Waals surface area contributed by atoms with E-state index in [0.29, 0.717) is 0 Å². The van der Waals surface area contributed by atoms with Gasteiger partial charge in [0.2, 0.25) is 5.91 Å². The van der Waals surface area contributed by atoms with Gasteiger partial charge in [0.15, 0.2) is 0 Å². The van der Waals surface area contributed by atoms with Crippen molar-refractivity contribution in [3.63, 3.8) is 0 Å². The molecular formula is C26H36GdN6O11. The van der Waals surface area contributed by atoms with Crippen LogP contribution in [0.1, 0.15) is 6.92 Å². The molecule has 2 rings (SSSR count). The third-order valence-electron chi connectivity index (χ3n) is 6.36. The van der Waals surface area contributed by atoms with Gasteiger partial charge >= 0.3 is 23.9 Å². The number of nitro groups is 1. The van der Waals surface area contributed by atoms with Gasteiger partial charge in [0.05, 0.1) is 18.0 Å². The molecule has 3 N–H and O–H groups in total. The average Bonchev–Trinajstić information content (AvgIpc) is 2.92. The molecule has 0 atom stereocenters. The zero-order chi connectivity index (χ0) is 31.9. The number of rotatable bonds is 13. The van der Waals surface area contributed by atoms with Gasteiger partial charge in [-0.15, -0.1) is 0 Å². The molecule has 0 radical (unpaired) electrons. The van der Waals surface area contributed by atoms with Crippen molar-refractivity contribution in [3.05, 3.63) is 46.8 Å². The fourth-order valence-electron chi connectivity index (χ4n) is 4.13. The van der Waals surface area contributed by atoms with E-state index in [1.165, 1.54) is 51.4 Å². The number of amides is 1. The normalized spacial score (nSPS) is 15.6. The van der Waals surface area contributed by atoms with Crippen LogP contribution in [0.15, 0.2) is 36.7 Å². The predicted molar refractivity (Wildman–Crippen MR) is 149 cm³/mol. The molecule has 1 amide bonds. The van der Waals surface area contributed by atoms with Gasteiger partial charge in [-0.05, 0) is 19.1 Å². The molecule has 1 aliphatic heterocycles. The molecule has 1 aromatic rings. The van der Waals surface area contributed by atoms with E-state index in [4.69, 9.17) is 4.74 Å². The molecule has 244 valence electrons. The Morgan fingerprint density at radius 1 is 0.795 bits per heavy atom. The molecule has 1 aliphatic rings. The number of carboxylic acids is 3. The number of carbonyl (C=O) groups is 5. The minimum absolute atomic E-state index is 0. The predicted octanol–water partition coefficient (Wildman–Crippen LogP) is -0.705. The Hall–Kier alpha value is -3.45. The second kappa shape index (κ2) is 19.8. The number of carbonyl (C=O) groups excluding carboxylic acids is 2. The summed E-state index contributed by atoms with van der Waals surface area (Å²) in [6, 6.07) is 4.91. The standard InChI is InChI=1S/C26H36N6O11.Gd/c1-2-31(19-26(40)43-21-5-3-20(4-6-21)32(41)42)22(33)15-27-7-9-28(16-23(34)35)11-13-30(18-25(38)39)14-12-29(10-8-27)17-24(36)37;/h3-6,11,13H,2,7-10,12,14-19H2,1H3,(H,34,35)(H,36,37)(H,38,39);/b13-11-;. The van der Waals surface area contributed by atoms with E-state index in [9.17, 15) is 49.4 Å². The zero-order valence-corrected chi connectivity index (χ0v) is 26.4. The van der Waals surface area contributed by atoms with Gasteiger partial charge < -0.3 is 34.8 Å². The summed E-state index contributed by atoms with van der Waals surface area (Å²) in [6.07, 6.45) is 2.90. The molecule has 0 fully saturated rings. The molecule has 0 aromatic heterocycles. The van der Waals surface area contributed by atoms with Crippen LogP contribution in [0, 0.1) is 50.1 Å². The first-order valence-corrected chi connectivity index (χ1v) is 13.4. The largest absolute Gasteiger partial charge is 0.480 e. The fourth-order valence-corrected chi connectivity index (χ4v) is 4.13. The average molecular weight is 766 g/mol. The Bertz CT molecular complexity index is 1180. The van der Waals surface area contributed by atoms with E-state index in [1.54, 1.807) is 16.7 Å². The van der Waals surface area contributed by atoms with Crippen LogP contribution >= 0.6 is 0 Å². The first-order valence-electron chi connectivity index (χ1n) is 13.4. The van der Waals surface area contributed by atoms with Crippen molar-refractivity contribution in [1.29, 1.82) is 0 Å². The Balaban J connectivity index is 0.00000968. The summed E-state index contributed by atoms with van der Waals surface area (Å²) >= 11 is 0. The number of esters is 1. The first-order chi connectivity index (χ1) is 20.4. The van der Waals surface area contributed by atoms with Gasteiger partial charge in [0.25, 0.3) is 5.69 Å². The number of nitrogens with zero attached hydrogens (tertiary/aromatic N) is 6. The first kappa shape index (κ1) is 38.6. The summed E-state index contributed by atoms with van der Waals surface area (Å²) in [5.74, 6) is -4.39. The van der Waals surface area contributed by atoms with E-state index in [1.807, 2.05) is 0 Å². The van der Waals surface area contributed by atoms with E-state index >= 15 is 0 Å². The summed E-state index contributed by atoms with van der Waals surface area (Å²) in [4.78, 5) is 77.6. The van der Waals surface area contributed by atoms with Gasteiger partial charge in [-0.1, -0.05) is 0 Å². The van der Waals surface area contributed by atoms with E-state index in [2.05, 4.69) is 0 Å². The van der Waals surface area contributed by atoms with Gasteiger partial charge in [-0.25, -0.2) is 4.79 Å². The van der Waals surface area contributed by atoms with Crippen molar-refractivity contribution in [2.24, 2.45) is 0 Å². The third-order valence-corrected chi connectivity index (χ3v) is 6.36. The topological polar surface area (TPSA) is 215 Å². The molecule has 0 saturated heterocycles. The quantitative estimate of drug-likeness (QED) is 0.0980. The number of ether oxygens (including phenoxy) is 1. The third kappa shape index (κ3) is 14.8. The van der Waals surface area contributed by atoms with E-state index in [0.717, 1.165) is 0 Å². The van der Waals surface area contributed by atoms with Crippen LogP contribution in [-0.4, -0.2) is 153 Å². The Labute approximate surface area is 285 Å². The number of hydrogen-bond acceptors (Lipinski definition) is 12. The number of carboxylic acid groups (broad SMARTS) is 3. The van der Waals surface area contributed by atoms with Crippen LogP contribution in [0.25, 0.3) is 0 Å². The fraction of sp³-hybridized carbons (Fsp3) is 0.500. The second-order valence-corrected chi connectivity index (χ2v) is 9.61. The molecule has 1 aromatic carbocycles. The minimum atomic E-state index is -1.11. The van der Waals surface area contributed by atoms with Crippen LogP contribution in [0.2, 0.25) is 0 Å². The van der Waals surface area contributed by atoms with Crippen LogP contribution in [0.4, 0.5) is 5.69 Å². The molecule has 0 spiro atoms. The monoisotopic (exact) mass is 766 g/mol. The smallest absolute Gasteiger partial charge is 0.331 e. The van der Waals surface area contributed by atoms with E-state index < -0.39 is 41.3 Å². The van der Waals surface area contributed by atoms with Gasteiger partial charge in [-0.3, -0.25) is 39.1 Å². The maximum atomic E-state index is 13.2. The molecule has 44 heavy (non-hydrogen) atoms. The van der Waals surface area contributed by atoms with Crippen molar-refractivity contribution in [3.8, 4) is 5.75 Å². The van der Waals surface area contributed by atoms with Gasteiger partial charge in [0, 0.05) is 110 Å². The summed E-state index contributed by atoms with van der Waals surface area (Å²) in [5.41, 5.74) is -0.173. The molecule has 0 bridgehead atoms. The molecule has 0 saturated carbocycles. The van der Waals surface area contributed by atoms with Crippen molar-refractivity contribution in [1.82, 2.24) is 24.5 Å². The number of likely N-dealkylation sites (N-methyl/N-ethyl adjacent to an activating group) is 1. The molecule has 1 heterocycles. The van der Waals surface area contributed by atoms with E-state index in [-0.39, 0.29) is 123 Å². The molecule has 18 heteroatoms. The van der Waals surface area contributed by atoms with Crippen LogP contribution in [-0.2, 0) is 24.0 Å². The molecule has 17 nitrogen and oxygen atoms in total. The summed E-state index contributed by atoms with van der Waals surface area (Å²) in [5, 5.41) is 38.7. The van der Waals surface area contributed by atoms with Crippen molar-refractivity contribution in [2.45, 2.75) is 6.92 Å². The van der Waals surface area contributed by atoms with Crippen LogP contribution in [0.5, 0.6) is 5.75 Å². The summed E-state index contributed by atoms with van der Waals surface area (Å²) in [7, 11) is 0. The molecule has 0 aliphatic carbocycles. The maximum absolute atomic E-state index is 13.2. The minimum Gasteiger partial charge on any atom is -0.480 e. The van der Waals surface area contributed by atoms with Crippen molar-refractivity contribution in [2.75, 3.05) is 78.5 Å². The molecule has 0 unspecified atom stereocenters. The zero-order valence-electron chi connectivity index (χ0n) is 24.1. The number of benzene rings is 1. The second-order valence-electron chi connectivity index (χ2n) is 9.61. The Kier molecular flexibility index (Phi) is 17.3. The summed E-state index contributed by atoms with van der Waals surface area (Å²) in [6.45, 7) is 1.41. The SMILES string of the molecule is CCN(CC(=O)Oc1ccc([N+](=O)[O-])cc1)C(=O)CN1CCN(CC(=O)O)/C=C\N(CC(=O)O)CCN(CC(=O)O)CC1.[Gd]. The van der Waals surface area contributed by atoms with Gasteiger partial charge in [-0.2, -0.15) is 0 Å². The van der Waals surface area contributed by atoms with Crippen molar-refractivity contribution >= 4 is 35.5 Å². The van der Waals surface area contributed by atoms with Crippen LogP contribution < -0.4 is 4.74 Å². The number of nitro benzene ring substituents is 1. The Morgan fingerprint density at radius 3 is 1.68 bits per heavy atom. The maximum Gasteiger partial charge on any atom is 0.331 e. The summed E-state index contributed by atoms with van der Waals surface area (Å²) < 4.78 is 5.21. The molecular weight excluding hydrogens is 730 g/mol. The Morgan fingerprint density at radius 2 is 1.25 bits per heavy atom. The van der Waals surface area contributed by atoms with Gasteiger partial charge in [0.1, 0.15) is 25.4 Å². The van der Waals surface area contributed by atoms with Crippen molar-refractivity contribution < 1.29 is 88.9 Å².